The Labute approximate surface area is 80.1 Å². The first-order chi connectivity index (χ1) is 6.79. The predicted octanol–water partition coefficient (Wildman–Crippen LogP) is 0.586. The van der Waals surface area contributed by atoms with Crippen LogP contribution in [0.4, 0.5) is 11.4 Å². The molecule has 2 amide bonds. The Kier molecular flexibility index (Phi) is 2.06. The predicted molar refractivity (Wildman–Crippen MR) is 50.3 cm³/mol. The maximum Gasteiger partial charge on any atom is 0.262 e. The molecule has 0 saturated carbocycles. The average molecular weight is 192 g/mol. The van der Waals surface area contributed by atoms with E-state index in [1.807, 2.05) is 0 Å². The van der Waals surface area contributed by atoms with E-state index in [9.17, 15) is 9.59 Å². The van der Waals surface area contributed by atoms with Crippen LogP contribution in [0.25, 0.3) is 0 Å². The molecular formula is C9H8N2O3. The minimum atomic E-state index is -0.173. The first-order valence-electron chi connectivity index (χ1n) is 4.06. The number of rotatable bonds is 2. The molecule has 1 aliphatic heterocycles. The van der Waals surface area contributed by atoms with E-state index in [0.717, 1.165) is 0 Å². The smallest absolute Gasteiger partial charge is 0.262 e. The maximum atomic E-state index is 10.9. The lowest BCUT2D eigenvalue weighted by Crippen LogP contribution is -2.25. The summed E-state index contributed by atoms with van der Waals surface area (Å²) < 4.78 is 5.15. The van der Waals surface area contributed by atoms with Crippen LogP contribution in [0.1, 0.15) is 0 Å². The Morgan fingerprint density at radius 1 is 1.50 bits per heavy atom. The highest BCUT2D eigenvalue weighted by atomic mass is 16.5. The molecule has 0 aliphatic carbocycles. The Balaban J connectivity index is 2.31. The summed E-state index contributed by atoms with van der Waals surface area (Å²) in [6.07, 6.45) is 0.586. The lowest BCUT2D eigenvalue weighted by Gasteiger charge is -2.18. The summed E-state index contributed by atoms with van der Waals surface area (Å²) >= 11 is 0. The standard InChI is InChI=1S/C9H8N2O3/c12-5-10-6-1-2-7-8(3-6)14-4-9(13)11-7/h1-3,5H,4H2,(H,10,12)(H,11,13). The van der Waals surface area contributed by atoms with Crippen LogP contribution in [0.5, 0.6) is 5.75 Å². The molecular weight excluding hydrogens is 184 g/mol. The molecule has 0 spiro atoms. The van der Waals surface area contributed by atoms with Crippen LogP contribution in [-0.2, 0) is 9.59 Å². The molecule has 1 aromatic rings. The number of hydrogen-bond acceptors (Lipinski definition) is 3. The first kappa shape index (κ1) is 8.55. The molecule has 0 atom stereocenters. The Morgan fingerprint density at radius 2 is 2.36 bits per heavy atom. The van der Waals surface area contributed by atoms with Crippen molar-refractivity contribution in [3.8, 4) is 5.75 Å². The van der Waals surface area contributed by atoms with Gasteiger partial charge < -0.3 is 15.4 Å². The van der Waals surface area contributed by atoms with E-state index >= 15 is 0 Å². The van der Waals surface area contributed by atoms with Gasteiger partial charge in [-0.05, 0) is 12.1 Å². The van der Waals surface area contributed by atoms with Crippen LogP contribution in [0.15, 0.2) is 18.2 Å². The van der Waals surface area contributed by atoms with Gasteiger partial charge in [0.25, 0.3) is 5.91 Å². The highest BCUT2D eigenvalue weighted by molar-refractivity contribution is 5.95. The zero-order valence-electron chi connectivity index (χ0n) is 7.24. The first-order valence-corrected chi connectivity index (χ1v) is 4.06. The number of nitrogens with one attached hydrogen (secondary N) is 2. The van der Waals surface area contributed by atoms with Crippen molar-refractivity contribution in [2.24, 2.45) is 0 Å². The molecule has 0 fully saturated rings. The van der Waals surface area contributed by atoms with Gasteiger partial charge >= 0.3 is 0 Å². The van der Waals surface area contributed by atoms with Gasteiger partial charge in [0.15, 0.2) is 6.61 Å². The van der Waals surface area contributed by atoms with Crippen molar-refractivity contribution in [2.45, 2.75) is 0 Å². The number of anilines is 2. The summed E-state index contributed by atoms with van der Waals surface area (Å²) in [4.78, 5) is 21.1. The molecule has 0 aromatic heterocycles. The monoisotopic (exact) mass is 192 g/mol. The van der Waals surface area contributed by atoms with E-state index in [-0.39, 0.29) is 12.5 Å². The summed E-state index contributed by atoms with van der Waals surface area (Å²) in [5, 5.41) is 5.14. The van der Waals surface area contributed by atoms with Gasteiger partial charge in [0.2, 0.25) is 6.41 Å². The van der Waals surface area contributed by atoms with Gasteiger partial charge in [-0.15, -0.1) is 0 Å². The van der Waals surface area contributed by atoms with E-state index in [4.69, 9.17) is 4.74 Å². The highest BCUT2D eigenvalue weighted by Gasteiger charge is 2.15. The summed E-state index contributed by atoms with van der Waals surface area (Å²) in [7, 11) is 0. The zero-order valence-corrected chi connectivity index (χ0v) is 7.24. The van der Waals surface area contributed by atoms with Crippen molar-refractivity contribution in [2.75, 3.05) is 17.2 Å². The maximum absolute atomic E-state index is 10.9. The van der Waals surface area contributed by atoms with Crippen molar-refractivity contribution >= 4 is 23.7 Å². The summed E-state index contributed by atoms with van der Waals surface area (Å²) in [5.41, 5.74) is 1.26. The molecule has 1 heterocycles. The quantitative estimate of drug-likeness (QED) is 0.674. The molecule has 1 aromatic carbocycles. The molecule has 1 aliphatic rings. The molecule has 0 unspecified atom stereocenters. The molecule has 5 nitrogen and oxygen atoms in total. The summed E-state index contributed by atoms with van der Waals surface area (Å²) in [6.45, 7) is 0.0115. The third kappa shape index (κ3) is 1.52. The van der Waals surface area contributed by atoms with Crippen molar-refractivity contribution in [1.82, 2.24) is 0 Å². The van der Waals surface area contributed by atoms with Crippen molar-refractivity contribution in [3.63, 3.8) is 0 Å². The van der Waals surface area contributed by atoms with Gasteiger partial charge in [-0.25, -0.2) is 0 Å². The van der Waals surface area contributed by atoms with Gasteiger partial charge in [-0.2, -0.15) is 0 Å². The Bertz CT molecular complexity index is 390. The third-order valence-electron chi connectivity index (χ3n) is 1.84. The third-order valence-corrected chi connectivity index (χ3v) is 1.84. The number of fused-ring (bicyclic) bond motifs is 1. The van der Waals surface area contributed by atoms with E-state index in [1.165, 1.54) is 0 Å². The second-order valence-electron chi connectivity index (χ2n) is 2.81. The number of hydrogen-bond donors (Lipinski definition) is 2. The van der Waals surface area contributed by atoms with Crippen molar-refractivity contribution in [1.29, 1.82) is 0 Å². The summed E-state index contributed by atoms with van der Waals surface area (Å²) in [5.74, 6) is 0.394. The second kappa shape index (κ2) is 3.37. The molecule has 72 valence electrons. The summed E-state index contributed by atoms with van der Waals surface area (Å²) in [6, 6.07) is 5.02. The van der Waals surface area contributed by atoms with Crippen LogP contribution < -0.4 is 15.4 Å². The van der Waals surface area contributed by atoms with E-state index < -0.39 is 0 Å². The second-order valence-corrected chi connectivity index (χ2v) is 2.81. The van der Waals surface area contributed by atoms with E-state index in [2.05, 4.69) is 10.6 Å². The molecule has 2 N–H and O–H groups in total. The number of ether oxygens (including phenoxy) is 1. The minimum absolute atomic E-state index is 0.0115. The molecule has 14 heavy (non-hydrogen) atoms. The van der Waals surface area contributed by atoms with Crippen LogP contribution >= 0.6 is 0 Å². The largest absolute Gasteiger partial charge is 0.482 e. The molecule has 0 radical (unpaired) electrons. The van der Waals surface area contributed by atoms with Crippen LogP contribution in [0, 0.1) is 0 Å². The molecule has 5 heteroatoms. The van der Waals surface area contributed by atoms with Gasteiger partial charge in [0, 0.05) is 11.8 Å². The molecule has 0 saturated heterocycles. The van der Waals surface area contributed by atoms with Crippen LogP contribution in [0.2, 0.25) is 0 Å². The van der Waals surface area contributed by atoms with Crippen LogP contribution in [0.3, 0.4) is 0 Å². The van der Waals surface area contributed by atoms with Crippen molar-refractivity contribution < 1.29 is 14.3 Å². The van der Waals surface area contributed by atoms with Gasteiger partial charge in [0.05, 0.1) is 5.69 Å². The van der Waals surface area contributed by atoms with E-state index in [1.54, 1.807) is 18.2 Å². The fourth-order valence-electron chi connectivity index (χ4n) is 1.23. The number of carbonyl (C=O) groups is 2. The lowest BCUT2D eigenvalue weighted by atomic mass is 10.2. The Hall–Kier alpha value is -2.04. The van der Waals surface area contributed by atoms with E-state index in [0.29, 0.717) is 23.5 Å². The average Bonchev–Trinajstić information content (AvgIpc) is 2.19. The normalized spacial score (nSPS) is 13.6. The highest BCUT2D eigenvalue weighted by Crippen LogP contribution is 2.30. The fraction of sp³-hybridized carbons (Fsp3) is 0.111. The lowest BCUT2D eigenvalue weighted by molar-refractivity contribution is -0.118. The van der Waals surface area contributed by atoms with Crippen molar-refractivity contribution in [3.05, 3.63) is 18.2 Å². The molecule has 0 bridgehead atoms. The zero-order chi connectivity index (χ0) is 9.97. The SMILES string of the molecule is O=CNc1ccc2c(c1)OCC(=O)N2. The van der Waals surface area contributed by atoms with Gasteiger partial charge in [-0.3, -0.25) is 9.59 Å². The minimum Gasteiger partial charge on any atom is -0.482 e. The Morgan fingerprint density at radius 3 is 3.14 bits per heavy atom. The number of benzene rings is 1. The van der Waals surface area contributed by atoms with Gasteiger partial charge in [0.1, 0.15) is 5.75 Å². The molecule has 2 rings (SSSR count). The van der Waals surface area contributed by atoms with Gasteiger partial charge in [-0.1, -0.05) is 0 Å². The number of carbonyl (C=O) groups excluding carboxylic acids is 2. The van der Waals surface area contributed by atoms with Crippen LogP contribution in [-0.4, -0.2) is 18.9 Å². The topological polar surface area (TPSA) is 67.4 Å². The fourth-order valence-corrected chi connectivity index (χ4v) is 1.23. The number of amides is 2.